The SMILES string of the molecule is CC(Sc1ccc2ccccc2c1)C(=O)Nc1sccc1C(N)=O. The van der Waals surface area contributed by atoms with E-state index >= 15 is 0 Å². The standard InChI is InChI=1S/C18H16N2O2S2/c1-11(17(22)20-18-15(16(19)21)8-9-23-18)24-14-7-6-12-4-2-3-5-13(12)10-14/h2-11H,1H3,(H2,19,21)(H,20,22). The Morgan fingerprint density at radius 3 is 2.62 bits per heavy atom. The van der Waals surface area contributed by atoms with Gasteiger partial charge in [-0.15, -0.1) is 23.1 Å². The van der Waals surface area contributed by atoms with Crippen LogP contribution in [-0.2, 0) is 4.79 Å². The molecule has 0 bridgehead atoms. The summed E-state index contributed by atoms with van der Waals surface area (Å²) in [6, 6.07) is 15.9. The molecule has 0 saturated carbocycles. The van der Waals surface area contributed by atoms with E-state index in [1.54, 1.807) is 11.4 Å². The van der Waals surface area contributed by atoms with Crippen LogP contribution in [0, 0.1) is 0 Å². The number of fused-ring (bicyclic) bond motifs is 1. The molecule has 1 heterocycles. The Kier molecular flexibility index (Phi) is 4.87. The number of hydrogen-bond acceptors (Lipinski definition) is 4. The van der Waals surface area contributed by atoms with Gasteiger partial charge in [-0.25, -0.2) is 0 Å². The molecule has 24 heavy (non-hydrogen) atoms. The number of nitrogens with two attached hydrogens (primary N) is 1. The lowest BCUT2D eigenvalue weighted by Gasteiger charge is -2.12. The number of primary amides is 1. The minimum Gasteiger partial charge on any atom is -0.366 e. The third kappa shape index (κ3) is 3.60. The molecule has 0 saturated heterocycles. The van der Waals surface area contributed by atoms with Crippen LogP contribution in [0.2, 0.25) is 0 Å². The van der Waals surface area contributed by atoms with Crippen LogP contribution in [0.1, 0.15) is 17.3 Å². The smallest absolute Gasteiger partial charge is 0.251 e. The quantitative estimate of drug-likeness (QED) is 0.676. The topological polar surface area (TPSA) is 72.2 Å². The van der Waals surface area contributed by atoms with Crippen molar-refractivity contribution in [2.24, 2.45) is 5.73 Å². The van der Waals surface area contributed by atoms with Crippen molar-refractivity contribution in [2.45, 2.75) is 17.1 Å². The van der Waals surface area contributed by atoms with Crippen LogP contribution in [0.25, 0.3) is 10.8 Å². The van der Waals surface area contributed by atoms with E-state index in [0.717, 1.165) is 10.3 Å². The first kappa shape index (κ1) is 16.5. The number of benzene rings is 2. The molecule has 3 aromatic rings. The van der Waals surface area contributed by atoms with Gasteiger partial charge in [0, 0.05) is 4.90 Å². The minimum absolute atomic E-state index is 0.155. The summed E-state index contributed by atoms with van der Waals surface area (Å²) in [6.07, 6.45) is 0. The van der Waals surface area contributed by atoms with Crippen LogP contribution in [0.5, 0.6) is 0 Å². The molecule has 1 atom stereocenters. The first-order valence-corrected chi connectivity index (χ1v) is 9.14. The third-order valence-electron chi connectivity index (χ3n) is 3.57. The van der Waals surface area contributed by atoms with E-state index in [2.05, 4.69) is 23.5 Å². The van der Waals surface area contributed by atoms with Crippen LogP contribution in [0.4, 0.5) is 5.00 Å². The zero-order valence-corrected chi connectivity index (χ0v) is 14.6. The van der Waals surface area contributed by atoms with Gasteiger partial charge in [0.05, 0.1) is 10.8 Å². The third-order valence-corrected chi connectivity index (χ3v) is 5.49. The van der Waals surface area contributed by atoms with Crippen LogP contribution in [-0.4, -0.2) is 17.1 Å². The molecule has 6 heteroatoms. The van der Waals surface area contributed by atoms with E-state index in [4.69, 9.17) is 5.73 Å². The summed E-state index contributed by atoms with van der Waals surface area (Å²) >= 11 is 2.77. The molecule has 122 valence electrons. The van der Waals surface area contributed by atoms with Crippen molar-refractivity contribution in [3.05, 3.63) is 59.5 Å². The summed E-state index contributed by atoms with van der Waals surface area (Å²) in [5, 5.41) is 7.03. The van der Waals surface area contributed by atoms with Crippen molar-refractivity contribution in [3.8, 4) is 0 Å². The molecule has 3 rings (SSSR count). The first-order chi connectivity index (χ1) is 11.5. The summed E-state index contributed by atoms with van der Waals surface area (Å²) in [5.41, 5.74) is 5.64. The second-order valence-corrected chi connectivity index (χ2v) is 7.62. The maximum absolute atomic E-state index is 12.4. The average molecular weight is 356 g/mol. The molecule has 0 aliphatic carbocycles. The molecule has 3 N–H and O–H groups in total. The van der Waals surface area contributed by atoms with Gasteiger partial charge in [-0.2, -0.15) is 0 Å². The minimum atomic E-state index is -0.540. The molecule has 0 aliphatic rings. The highest BCUT2D eigenvalue weighted by molar-refractivity contribution is 8.00. The molecule has 2 aromatic carbocycles. The molecule has 0 fully saturated rings. The lowest BCUT2D eigenvalue weighted by atomic mass is 10.1. The van der Waals surface area contributed by atoms with Crippen molar-refractivity contribution >= 4 is 50.7 Å². The predicted molar refractivity (Wildman–Crippen MR) is 101 cm³/mol. The Balaban J connectivity index is 1.71. The molecule has 0 spiro atoms. The van der Waals surface area contributed by atoms with Crippen molar-refractivity contribution < 1.29 is 9.59 Å². The highest BCUT2D eigenvalue weighted by atomic mass is 32.2. The second-order valence-electron chi connectivity index (χ2n) is 5.29. The molecular weight excluding hydrogens is 340 g/mol. The van der Waals surface area contributed by atoms with Gasteiger partial charge in [-0.3, -0.25) is 9.59 Å². The fraction of sp³-hybridized carbons (Fsp3) is 0.111. The monoisotopic (exact) mass is 356 g/mol. The maximum Gasteiger partial charge on any atom is 0.251 e. The van der Waals surface area contributed by atoms with E-state index in [-0.39, 0.29) is 11.2 Å². The van der Waals surface area contributed by atoms with E-state index in [0.29, 0.717) is 10.6 Å². The van der Waals surface area contributed by atoms with E-state index in [9.17, 15) is 9.59 Å². The zero-order chi connectivity index (χ0) is 17.1. The molecule has 2 amide bonds. The zero-order valence-electron chi connectivity index (χ0n) is 13.0. The number of carbonyl (C=O) groups is 2. The Morgan fingerprint density at radius 2 is 1.88 bits per heavy atom. The van der Waals surface area contributed by atoms with Crippen LogP contribution in [0.15, 0.2) is 58.8 Å². The fourth-order valence-electron chi connectivity index (χ4n) is 2.31. The lowest BCUT2D eigenvalue weighted by Crippen LogP contribution is -2.23. The highest BCUT2D eigenvalue weighted by Crippen LogP contribution is 2.29. The van der Waals surface area contributed by atoms with E-state index < -0.39 is 5.91 Å². The summed E-state index contributed by atoms with van der Waals surface area (Å²) in [5.74, 6) is -0.695. The molecule has 4 nitrogen and oxygen atoms in total. The van der Waals surface area contributed by atoms with Crippen LogP contribution < -0.4 is 11.1 Å². The summed E-state index contributed by atoms with van der Waals surface area (Å²) in [6.45, 7) is 1.84. The number of nitrogens with one attached hydrogen (secondary N) is 1. The predicted octanol–water partition coefficient (Wildman–Crippen LogP) is 4.12. The average Bonchev–Trinajstić information content (AvgIpc) is 3.03. The Labute approximate surface area is 148 Å². The van der Waals surface area contributed by atoms with Gasteiger partial charge in [0.25, 0.3) is 5.91 Å². The Bertz CT molecular complexity index is 905. The number of anilines is 1. The fourth-order valence-corrected chi connectivity index (χ4v) is 4.02. The molecule has 1 unspecified atom stereocenters. The van der Waals surface area contributed by atoms with Gasteiger partial charge in [0.15, 0.2) is 0 Å². The van der Waals surface area contributed by atoms with Gasteiger partial charge in [0.2, 0.25) is 5.91 Å². The van der Waals surface area contributed by atoms with Gasteiger partial charge in [-0.05, 0) is 41.3 Å². The van der Waals surface area contributed by atoms with Gasteiger partial charge in [-0.1, -0.05) is 30.3 Å². The van der Waals surface area contributed by atoms with Crippen molar-refractivity contribution in [1.29, 1.82) is 0 Å². The molecule has 1 aromatic heterocycles. The van der Waals surface area contributed by atoms with Crippen molar-refractivity contribution in [1.82, 2.24) is 0 Å². The first-order valence-electron chi connectivity index (χ1n) is 7.38. The number of amides is 2. The number of thioether (sulfide) groups is 1. The number of hydrogen-bond donors (Lipinski definition) is 2. The van der Waals surface area contributed by atoms with Crippen LogP contribution in [0.3, 0.4) is 0 Å². The normalized spacial score (nSPS) is 12.0. The Morgan fingerprint density at radius 1 is 1.12 bits per heavy atom. The summed E-state index contributed by atoms with van der Waals surface area (Å²) in [7, 11) is 0. The lowest BCUT2D eigenvalue weighted by molar-refractivity contribution is -0.115. The second kappa shape index (κ2) is 7.07. The summed E-state index contributed by atoms with van der Waals surface area (Å²) < 4.78 is 0. The maximum atomic E-state index is 12.4. The number of rotatable bonds is 5. The van der Waals surface area contributed by atoms with Crippen LogP contribution >= 0.6 is 23.1 Å². The Hall–Kier alpha value is -2.31. The molecular formula is C18H16N2O2S2. The molecule has 0 aliphatic heterocycles. The van der Waals surface area contributed by atoms with E-state index in [1.807, 2.05) is 31.2 Å². The summed E-state index contributed by atoms with van der Waals surface area (Å²) in [4.78, 5) is 24.7. The van der Waals surface area contributed by atoms with Gasteiger partial charge in [0.1, 0.15) is 5.00 Å². The van der Waals surface area contributed by atoms with Crippen molar-refractivity contribution in [2.75, 3.05) is 5.32 Å². The molecule has 0 radical (unpaired) electrons. The van der Waals surface area contributed by atoms with Gasteiger partial charge < -0.3 is 11.1 Å². The van der Waals surface area contributed by atoms with Crippen molar-refractivity contribution in [3.63, 3.8) is 0 Å². The largest absolute Gasteiger partial charge is 0.366 e. The van der Waals surface area contributed by atoms with Gasteiger partial charge >= 0.3 is 0 Å². The highest BCUT2D eigenvalue weighted by Gasteiger charge is 2.18. The number of thiophene rings is 1. The van der Waals surface area contributed by atoms with E-state index in [1.165, 1.54) is 28.5 Å². The number of carbonyl (C=O) groups excluding carboxylic acids is 2.